The van der Waals surface area contributed by atoms with E-state index < -0.39 is 0 Å². The van der Waals surface area contributed by atoms with Crippen LogP contribution in [0.2, 0.25) is 0 Å². The molecule has 30 heavy (non-hydrogen) atoms. The molecule has 1 aliphatic heterocycles. The zero-order chi connectivity index (χ0) is 21.3. The molecule has 1 fully saturated rings. The standard InChI is InChI=1S/C23H18N4O2S/c1-15-11-19(16(2)27(15)20-7-9-25-10-8-20)12-21-22(28)26(23(29)30-21)14-18-6-4-3-5-17(18)13-24/h3-12H,14H2,1-2H3/b21-12+. The molecule has 2 aromatic heterocycles. The number of nitrogens with zero attached hydrogens (tertiary/aromatic N) is 4. The Hall–Kier alpha value is -3.63. The van der Waals surface area contributed by atoms with E-state index >= 15 is 0 Å². The van der Waals surface area contributed by atoms with E-state index in [-0.39, 0.29) is 17.7 Å². The predicted molar refractivity (Wildman–Crippen MR) is 116 cm³/mol. The van der Waals surface area contributed by atoms with Gasteiger partial charge in [-0.3, -0.25) is 19.5 Å². The van der Waals surface area contributed by atoms with Gasteiger partial charge in [0.1, 0.15) is 0 Å². The quantitative estimate of drug-likeness (QED) is 0.583. The fourth-order valence-corrected chi connectivity index (χ4v) is 4.37. The Morgan fingerprint density at radius 1 is 1.13 bits per heavy atom. The summed E-state index contributed by atoms with van der Waals surface area (Å²) in [7, 11) is 0. The molecule has 3 aromatic rings. The molecule has 0 saturated carbocycles. The molecular formula is C23H18N4O2S. The number of aryl methyl sites for hydroxylation is 1. The van der Waals surface area contributed by atoms with E-state index in [0.717, 1.165) is 34.4 Å². The summed E-state index contributed by atoms with van der Waals surface area (Å²) < 4.78 is 2.08. The van der Waals surface area contributed by atoms with E-state index in [4.69, 9.17) is 0 Å². The van der Waals surface area contributed by atoms with Crippen LogP contribution in [0.3, 0.4) is 0 Å². The molecular weight excluding hydrogens is 396 g/mol. The molecule has 7 heteroatoms. The number of imide groups is 1. The Morgan fingerprint density at radius 3 is 2.60 bits per heavy atom. The average Bonchev–Trinajstić information content (AvgIpc) is 3.18. The highest BCUT2D eigenvalue weighted by Crippen LogP contribution is 2.35. The van der Waals surface area contributed by atoms with Gasteiger partial charge < -0.3 is 4.57 Å². The van der Waals surface area contributed by atoms with Crippen molar-refractivity contribution < 1.29 is 9.59 Å². The lowest BCUT2D eigenvalue weighted by Crippen LogP contribution is -2.27. The Bertz CT molecular complexity index is 1220. The summed E-state index contributed by atoms with van der Waals surface area (Å²) in [6.07, 6.45) is 5.23. The van der Waals surface area contributed by atoms with Crippen molar-refractivity contribution in [3.63, 3.8) is 0 Å². The smallest absolute Gasteiger partial charge is 0.293 e. The highest BCUT2D eigenvalue weighted by Gasteiger charge is 2.35. The molecule has 0 spiro atoms. The lowest BCUT2D eigenvalue weighted by molar-refractivity contribution is -0.123. The molecule has 3 heterocycles. The lowest BCUT2D eigenvalue weighted by Gasteiger charge is -2.13. The first kappa shape index (κ1) is 19.7. The molecule has 0 radical (unpaired) electrons. The molecule has 0 unspecified atom stereocenters. The van der Waals surface area contributed by atoms with Gasteiger partial charge in [-0.15, -0.1) is 0 Å². The highest BCUT2D eigenvalue weighted by molar-refractivity contribution is 8.18. The SMILES string of the molecule is Cc1cc(/C=C2/SC(=O)N(Cc3ccccc3C#N)C2=O)c(C)n1-c1ccncc1. The Morgan fingerprint density at radius 2 is 1.87 bits per heavy atom. The molecule has 4 rings (SSSR count). The van der Waals surface area contributed by atoms with Crippen molar-refractivity contribution in [3.8, 4) is 11.8 Å². The number of rotatable bonds is 4. The largest absolute Gasteiger partial charge is 0.318 e. The second-order valence-corrected chi connectivity index (χ2v) is 7.90. The van der Waals surface area contributed by atoms with Crippen LogP contribution in [0.5, 0.6) is 0 Å². The number of carbonyl (C=O) groups excluding carboxylic acids is 2. The first-order chi connectivity index (χ1) is 14.5. The fraction of sp³-hybridized carbons (Fsp3) is 0.130. The van der Waals surface area contributed by atoms with Gasteiger partial charge in [-0.05, 0) is 67.1 Å². The molecule has 0 aliphatic carbocycles. The van der Waals surface area contributed by atoms with Gasteiger partial charge in [0.15, 0.2) is 0 Å². The lowest BCUT2D eigenvalue weighted by atomic mass is 10.1. The topological polar surface area (TPSA) is 79.0 Å². The monoisotopic (exact) mass is 414 g/mol. The van der Waals surface area contributed by atoms with Gasteiger partial charge in [0.2, 0.25) is 0 Å². The van der Waals surface area contributed by atoms with Crippen LogP contribution >= 0.6 is 11.8 Å². The van der Waals surface area contributed by atoms with Gasteiger partial charge >= 0.3 is 0 Å². The van der Waals surface area contributed by atoms with Crippen LogP contribution in [0.15, 0.2) is 59.8 Å². The number of aromatic nitrogens is 2. The Balaban J connectivity index is 1.64. The van der Waals surface area contributed by atoms with Gasteiger partial charge in [-0.25, -0.2) is 0 Å². The summed E-state index contributed by atoms with van der Waals surface area (Å²) >= 11 is 0.925. The first-order valence-electron chi connectivity index (χ1n) is 9.32. The van der Waals surface area contributed by atoms with Crippen molar-refractivity contribution in [1.82, 2.24) is 14.5 Å². The van der Waals surface area contributed by atoms with Crippen LogP contribution in [0.1, 0.15) is 28.1 Å². The van der Waals surface area contributed by atoms with Gasteiger partial charge in [0.25, 0.3) is 11.1 Å². The molecule has 1 aliphatic rings. The van der Waals surface area contributed by atoms with E-state index in [0.29, 0.717) is 16.0 Å². The van der Waals surface area contributed by atoms with Gasteiger partial charge in [0, 0.05) is 29.5 Å². The minimum atomic E-state index is -0.341. The fourth-order valence-electron chi connectivity index (χ4n) is 3.54. The molecule has 2 amide bonds. The molecule has 6 nitrogen and oxygen atoms in total. The van der Waals surface area contributed by atoms with Crippen molar-refractivity contribution in [2.24, 2.45) is 0 Å². The zero-order valence-corrected chi connectivity index (χ0v) is 17.3. The van der Waals surface area contributed by atoms with Gasteiger partial charge in [0.05, 0.1) is 23.1 Å². The maximum Gasteiger partial charge on any atom is 0.293 e. The van der Waals surface area contributed by atoms with E-state index in [1.54, 1.807) is 42.7 Å². The number of hydrogen-bond donors (Lipinski definition) is 0. The summed E-state index contributed by atoms with van der Waals surface area (Å²) in [5.74, 6) is -0.341. The van der Waals surface area contributed by atoms with Crippen LogP contribution in [-0.2, 0) is 11.3 Å². The Labute approximate surface area is 178 Å². The molecule has 0 N–H and O–H groups in total. The third kappa shape index (κ3) is 3.53. The second-order valence-electron chi connectivity index (χ2n) is 6.90. The summed E-state index contributed by atoms with van der Waals surface area (Å²) in [6.45, 7) is 4.06. The number of hydrogen-bond acceptors (Lipinski definition) is 5. The number of nitriles is 1. The number of pyridine rings is 1. The van der Waals surface area contributed by atoms with Crippen LogP contribution in [0.25, 0.3) is 11.8 Å². The minimum absolute atomic E-state index is 0.0851. The second kappa shape index (κ2) is 8.01. The summed E-state index contributed by atoms with van der Waals surface area (Å²) in [6, 6.07) is 14.9. The number of benzene rings is 1. The summed E-state index contributed by atoms with van der Waals surface area (Å²) in [5.41, 5.74) is 4.97. The van der Waals surface area contributed by atoms with Crippen LogP contribution in [-0.4, -0.2) is 25.6 Å². The summed E-state index contributed by atoms with van der Waals surface area (Å²) in [5, 5.41) is 8.93. The first-order valence-corrected chi connectivity index (χ1v) is 10.1. The van der Waals surface area contributed by atoms with E-state index in [1.807, 2.05) is 32.0 Å². The number of thioether (sulfide) groups is 1. The molecule has 1 aromatic carbocycles. The van der Waals surface area contributed by atoms with Crippen molar-refractivity contribution >= 4 is 29.0 Å². The van der Waals surface area contributed by atoms with E-state index in [1.165, 1.54) is 4.90 Å². The number of amides is 2. The number of carbonyl (C=O) groups is 2. The Kier molecular flexibility index (Phi) is 5.25. The molecule has 0 bridgehead atoms. The molecule has 0 atom stereocenters. The predicted octanol–water partition coefficient (Wildman–Crippen LogP) is 4.60. The van der Waals surface area contributed by atoms with Crippen molar-refractivity contribution in [2.45, 2.75) is 20.4 Å². The van der Waals surface area contributed by atoms with Gasteiger partial charge in [-0.1, -0.05) is 18.2 Å². The minimum Gasteiger partial charge on any atom is -0.318 e. The van der Waals surface area contributed by atoms with Gasteiger partial charge in [-0.2, -0.15) is 5.26 Å². The maximum absolute atomic E-state index is 12.9. The molecule has 148 valence electrons. The van der Waals surface area contributed by atoms with Crippen molar-refractivity contribution in [3.05, 3.63) is 87.8 Å². The normalized spacial score (nSPS) is 15.1. The van der Waals surface area contributed by atoms with Crippen LogP contribution in [0, 0.1) is 25.2 Å². The highest BCUT2D eigenvalue weighted by atomic mass is 32.2. The average molecular weight is 414 g/mol. The van der Waals surface area contributed by atoms with E-state index in [9.17, 15) is 14.9 Å². The molecule has 1 saturated heterocycles. The van der Waals surface area contributed by atoms with Crippen molar-refractivity contribution in [2.75, 3.05) is 0 Å². The van der Waals surface area contributed by atoms with Crippen LogP contribution in [0.4, 0.5) is 4.79 Å². The third-order valence-corrected chi connectivity index (χ3v) is 5.93. The van der Waals surface area contributed by atoms with Crippen molar-refractivity contribution in [1.29, 1.82) is 5.26 Å². The zero-order valence-electron chi connectivity index (χ0n) is 16.5. The maximum atomic E-state index is 12.9. The third-order valence-electron chi connectivity index (χ3n) is 5.02. The summed E-state index contributed by atoms with van der Waals surface area (Å²) in [4.78, 5) is 31.0. The van der Waals surface area contributed by atoms with E-state index in [2.05, 4.69) is 15.6 Å². The van der Waals surface area contributed by atoms with Crippen LogP contribution < -0.4 is 0 Å².